The lowest BCUT2D eigenvalue weighted by molar-refractivity contribution is -0.145. The number of hydrogen-bond acceptors (Lipinski definition) is 3. The Morgan fingerprint density at radius 3 is 3.19 bits per heavy atom. The van der Waals surface area contributed by atoms with Crippen LogP contribution in [-0.4, -0.2) is 19.1 Å². The Kier molecular flexibility index (Phi) is 3.49. The van der Waals surface area contributed by atoms with Crippen LogP contribution in [0.2, 0.25) is 0 Å². The van der Waals surface area contributed by atoms with E-state index >= 15 is 0 Å². The predicted molar refractivity (Wildman–Crippen MR) is 66.6 cm³/mol. The summed E-state index contributed by atoms with van der Waals surface area (Å²) in [5, 5.41) is 3.29. The fourth-order valence-corrected chi connectivity index (χ4v) is 2.36. The minimum Gasteiger partial charge on any atom is -0.466 e. The first kappa shape index (κ1) is 11.5. The first-order chi connectivity index (χ1) is 7.72. The van der Waals surface area contributed by atoms with Gasteiger partial charge in [-0.05, 0) is 37.1 Å². The number of benzene rings is 1. The largest absolute Gasteiger partial charge is 0.466 e. The van der Waals surface area contributed by atoms with Crippen LogP contribution in [0.25, 0.3) is 0 Å². The first-order valence-electron chi connectivity index (χ1n) is 5.42. The molecular formula is C12H14BrNO2. The van der Waals surface area contributed by atoms with Crippen LogP contribution >= 0.6 is 15.9 Å². The molecule has 0 spiro atoms. The Balaban J connectivity index is 2.31. The van der Waals surface area contributed by atoms with E-state index in [1.54, 1.807) is 0 Å². The second-order valence-corrected chi connectivity index (χ2v) is 4.67. The SMILES string of the molecule is CCOC(=O)[C@@H]1CCNc2ccc(Br)cc21. The molecule has 16 heavy (non-hydrogen) atoms. The molecule has 1 atom stereocenters. The Labute approximate surface area is 103 Å². The maximum absolute atomic E-state index is 11.8. The average molecular weight is 284 g/mol. The van der Waals surface area contributed by atoms with Crippen LogP contribution in [0, 0.1) is 0 Å². The number of anilines is 1. The van der Waals surface area contributed by atoms with E-state index in [0.717, 1.165) is 28.7 Å². The number of carbonyl (C=O) groups is 1. The second kappa shape index (κ2) is 4.87. The summed E-state index contributed by atoms with van der Waals surface area (Å²) >= 11 is 3.43. The van der Waals surface area contributed by atoms with Crippen LogP contribution in [0.5, 0.6) is 0 Å². The van der Waals surface area contributed by atoms with Crippen molar-refractivity contribution in [3.05, 3.63) is 28.2 Å². The number of carbonyl (C=O) groups excluding carboxylic acids is 1. The third-order valence-electron chi connectivity index (χ3n) is 2.71. The standard InChI is InChI=1S/C12H14BrNO2/c1-2-16-12(15)9-5-6-14-11-4-3-8(13)7-10(9)11/h3-4,7,9,14H,2,5-6H2,1H3/t9-/m1/s1. The zero-order valence-corrected chi connectivity index (χ0v) is 10.7. The maximum atomic E-state index is 11.8. The summed E-state index contributed by atoms with van der Waals surface area (Å²) in [6.45, 7) is 3.09. The van der Waals surface area contributed by atoms with E-state index < -0.39 is 0 Å². The van der Waals surface area contributed by atoms with E-state index in [1.165, 1.54) is 0 Å². The number of ether oxygens (including phenoxy) is 1. The van der Waals surface area contributed by atoms with Crippen LogP contribution in [-0.2, 0) is 9.53 Å². The van der Waals surface area contributed by atoms with Crippen LogP contribution in [0.15, 0.2) is 22.7 Å². The van der Waals surface area contributed by atoms with E-state index in [-0.39, 0.29) is 11.9 Å². The summed E-state index contributed by atoms with van der Waals surface area (Å²) in [5.74, 6) is -0.253. The fourth-order valence-electron chi connectivity index (χ4n) is 1.98. The number of hydrogen-bond donors (Lipinski definition) is 1. The number of nitrogens with one attached hydrogen (secondary N) is 1. The average Bonchev–Trinajstić information content (AvgIpc) is 2.28. The molecule has 0 radical (unpaired) electrons. The maximum Gasteiger partial charge on any atom is 0.313 e. The van der Waals surface area contributed by atoms with E-state index in [1.807, 2.05) is 25.1 Å². The zero-order chi connectivity index (χ0) is 11.5. The number of halogens is 1. The van der Waals surface area contributed by atoms with Gasteiger partial charge < -0.3 is 10.1 Å². The molecule has 2 rings (SSSR count). The lowest BCUT2D eigenvalue weighted by Crippen LogP contribution is -2.24. The Morgan fingerprint density at radius 1 is 1.62 bits per heavy atom. The van der Waals surface area contributed by atoms with Gasteiger partial charge >= 0.3 is 5.97 Å². The molecule has 3 nitrogen and oxygen atoms in total. The first-order valence-corrected chi connectivity index (χ1v) is 6.21. The summed E-state index contributed by atoms with van der Waals surface area (Å²) in [6, 6.07) is 5.95. The summed E-state index contributed by atoms with van der Waals surface area (Å²) < 4.78 is 6.09. The van der Waals surface area contributed by atoms with Crippen molar-refractivity contribution in [3.8, 4) is 0 Å². The lowest BCUT2D eigenvalue weighted by Gasteiger charge is -2.25. The lowest BCUT2D eigenvalue weighted by atomic mass is 9.91. The summed E-state index contributed by atoms with van der Waals surface area (Å²) in [6.07, 6.45) is 0.794. The van der Waals surface area contributed by atoms with Gasteiger partial charge in [-0.15, -0.1) is 0 Å². The van der Waals surface area contributed by atoms with Gasteiger partial charge in [0, 0.05) is 16.7 Å². The van der Waals surface area contributed by atoms with Crippen LogP contribution in [0.1, 0.15) is 24.8 Å². The highest BCUT2D eigenvalue weighted by molar-refractivity contribution is 9.10. The molecule has 1 heterocycles. The van der Waals surface area contributed by atoms with E-state index in [4.69, 9.17) is 4.74 Å². The molecule has 1 aliphatic rings. The van der Waals surface area contributed by atoms with Gasteiger partial charge in [-0.25, -0.2) is 0 Å². The molecule has 1 aliphatic heterocycles. The van der Waals surface area contributed by atoms with Gasteiger partial charge in [0.2, 0.25) is 0 Å². The molecular weight excluding hydrogens is 270 g/mol. The van der Waals surface area contributed by atoms with Gasteiger partial charge in [0.25, 0.3) is 0 Å². The molecule has 0 fully saturated rings. The van der Waals surface area contributed by atoms with Crippen molar-refractivity contribution in [3.63, 3.8) is 0 Å². The highest BCUT2D eigenvalue weighted by Crippen LogP contribution is 2.34. The molecule has 1 N–H and O–H groups in total. The molecule has 0 saturated carbocycles. The summed E-state index contributed by atoms with van der Waals surface area (Å²) in [5.41, 5.74) is 2.06. The van der Waals surface area contributed by atoms with Crippen molar-refractivity contribution in [1.82, 2.24) is 0 Å². The van der Waals surface area contributed by atoms with Crippen LogP contribution in [0.4, 0.5) is 5.69 Å². The minimum absolute atomic E-state index is 0.122. The van der Waals surface area contributed by atoms with Crippen molar-refractivity contribution in [2.45, 2.75) is 19.3 Å². The third-order valence-corrected chi connectivity index (χ3v) is 3.20. The highest BCUT2D eigenvalue weighted by Gasteiger charge is 2.27. The normalized spacial score (nSPS) is 18.5. The topological polar surface area (TPSA) is 38.3 Å². The summed E-state index contributed by atoms with van der Waals surface area (Å²) in [7, 11) is 0. The molecule has 0 bridgehead atoms. The van der Waals surface area contributed by atoms with E-state index in [2.05, 4.69) is 21.2 Å². The molecule has 0 amide bonds. The number of fused-ring (bicyclic) bond motifs is 1. The quantitative estimate of drug-likeness (QED) is 0.849. The number of esters is 1. The molecule has 1 aromatic rings. The minimum atomic E-state index is -0.131. The van der Waals surface area contributed by atoms with Crippen molar-refractivity contribution in [1.29, 1.82) is 0 Å². The van der Waals surface area contributed by atoms with Crippen molar-refractivity contribution in [2.75, 3.05) is 18.5 Å². The highest BCUT2D eigenvalue weighted by atomic mass is 79.9. The van der Waals surface area contributed by atoms with Gasteiger partial charge in [0.15, 0.2) is 0 Å². The molecule has 4 heteroatoms. The third kappa shape index (κ3) is 2.21. The molecule has 0 aliphatic carbocycles. The number of rotatable bonds is 2. The van der Waals surface area contributed by atoms with Crippen LogP contribution in [0.3, 0.4) is 0 Å². The monoisotopic (exact) mass is 283 g/mol. The molecule has 1 aromatic carbocycles. The smallest absolute Gasteiger partial charge is 0.313 e. The van der Waals surface area contributed by atoms with E-state index in [9.17, 15) is 4.79 Å². The Hall–Kier alpha value is -1.03. The molecule has 0 unspecified atom stereocenters. The van der Waals surface area contributed by atoms with E-state index in [0.29, 0.717) is 6.61 Å². The predicted octanol–water partition coefficient (Wildman–Crippen LogP) is 2.91. The van der Waals surface area contributed by atoms with Gasteiger partial charge in [0.05, 0.1) is 12.5 Å². The zero-order valence-electron chi connectivity index (χ0n) is 9.13. The van der Waals surface area contributed by atoms with Gasteiger partial charge in [-0.3, -0.25) is 4.79 Å². The Bertz CT molecular complexity index is 406. The van der Waals surface area contributed by atoms with Crippen molar-refractivity contribution < 1.29 is 9.53 Å². The molecule has 0 saturated heterocycles. The van der Waals surface area contributed by atoms with Gasteiger partial charge in [-0.1, -0.05) is 15.9 Å². The second-order valence-electron chi connectivity index (χ2n) is 3.75. The fraction of sp³-hybridized carbons (Fsp3) is 0.417. The van der Waals surface area contributed by atoms with Crippen molar-refractivity contribution >= 4 is 27.6 Å². The Morgan fingerprint density at radius 2 is 2.44 bits per heavy atom. The molecule has 86 valence electrons. The van der Waals surface area contributed by atoms with Crippen molar-refractivity contribution in [2.24, 2.45) is 0 Å². The molecule has 0 aromatic heterocycles. The van der Waals surface area contributed by atoms with Gasteiger partial charge in [-0.2, -0.15) is 0 Å². The summed E-state index contributed by atoms with van der Waals surface area (Å²) in [4.78, 5) is 11.8. The van der Waals surface area contributed by atoms with Gasteiger partial charge in [0.1, 0.15) is 0 Å². The van der Waals surface area contributed by atoms with Crippen LogP contribution < -0.4 is 5.32 Å².